The van der Waals surface area contributed by atoms with E-state index in [0.29, 0.717) is 17.3 Å². The van der Waals surface area contributed by atoms with Crippen LogP contribution < -0.4 is 4.74 Å². The SMILES string of the molecule is C=CC(C)(C)c1cc(CCl)ccc1-c1cc(OC)ncc1F. The van der Waals surface area contributed by atoms with Crippen LogP contribution in [-0.4, -0.2) is 12.1 Å². The predicted molar refractivity (Wildman–Crippen MR) is 89.0 cm³/mol. The minimum atomic E-state index is -0.388. The molecule has 2 aromatic rings. The lowest BCUT2D eigenvalue weighted by Gasteiger charge is -2.25. The summed E-state index contributed by atoms with van der Waals surface area (Å²) in [7, 11) is 1.51. The fraction of sp³-hybridized carbons (Fsp3) is 0.278. The van der Waals surface area contributed by atoms with Crippen molar-refractivity contribution in [2.24, 2.45) is 0 Å². The number of halogens is 2. The molecule has 0 saturated carbocycles. The first-order chi connectivity index (χ1) is 10.4. The number of allylic oxidation sites excluding steroid dienone is 1. The van der Waals surface area contributed by atoms with E-state index in [2.05, 4.69) is 11.6 Å². The number of aromatic nitrogens is 1. The summed E-state index contributed by atoms with van der Waals surface area (Å²) < 4.78 is 19.4. The first-order valence-electron chi connectivity index (χ1n) is 6.95. The summed E-state index contributed by atoms with van der Waals surface area (Å²) in [6, 6.07) is 7.39. The van der Waals surface area contributed by atoms with Gasteiger partial charge in [0.2, 0.25) is 5.88 Å². The van der Waals surface area contributed by atoms with Crippen LogP contribution in [0.5, 0.6) is 5.88 Å². The van der Waals surface area contributed by atoms with Gasteiger partial charge in [0, 0.05) is 22.9 Å². The smallest absolute Gasteiger partial charge is 0.213 e. The zero-order chi connectivity index (χ0) is 16.3. The fourth-order valence-electron chi connectivity index (χ4n) is 2.29. The minimum absolute atomic E-state index is 0.319. The third-order valence-electron chi connectivity index (χ3n) is 3.77. The number of rotatable bonds is 5. The number of hydrogen-bond acceptors (Lipinski definition) is 2. The van der Waals surface area contributed by atoms with E-state index in [4.69, 9.17) is 16.3 Å². The van der Waals surface area contributed by atoms with Gasteiger partial charge >= 0.3 is 0 Å². The second-order valence-electron chi connectivity index (χ2n) is 5.65. The van der Waals surface area contributed by atoms with E-state index in [1.807, 2.05) is 38.1 Å². The van der Waals surface area contributed by atoms with Gasteiger partial charge in [0.05, 0.1) is 13.3 Å². The van der Waals surface area contributed by atoms with Crippen molar-refractivity contribution in [1.29, 1.82) is 0 Å². The van der Waals surface area contributed by atoms with Crippen LogP contribution in [0, 0.1) is 5.82 Å². The zero-order valence-corrected chi connectivity index (χ0v) is 13.7. The van der Waals surface area contributed by atoms with Crippen molar-refractivity contribution in [1.82, 2.24) is 4.98 Å². The molecule has 0 amide bonds. The van der Waals surface area contributed by atoms with Crippen LogP contribution in [0.3, 0.4) is 0 Å². The molecule has 22 heavy (non-hydrogen) atoms. The minimum Gasteiger partial charge on any atom is -0.481 e. The van der Waals surface area contributed by atoms with E-state index in [0.717, 1.165) is 16.7 Å². The van der Waals surface area contributed by atoms with Gasteiger partial charge in [-0.1, -0.05) is 38.1 Å². The van der Waals surface area contributed by atoms with E-state index in [9.17, 15) is 4.39 Å². The molecule has 0 aliphatic rings. The number of methoxy groups -OCH3 is 1. The van der Waals surface area contributed by atoms with Gasteiger partial charge in [0.15, 0.2) is 0 Å². The van der Waals surface area contributed by atoms with Gasteiger partial charge in [-0.2, -0.15) is 0 Å². The van der Waals surface area contributed by atoms with E-state index in [1.165, 1.54) is 13.3 Å². The average molecular weight is 320 g/mol. The van der Waals surface area contributed by atoms with E-state index in [-0.39, 0.29) is 11.2 Å². The van der Waals surface area contributed by atoms with Crippen molar-refractivity contribution < 1.29 is 9.13 Å². The van der Waals surface area contributed by atoms with Gasteiger partial charge in [-0.05, 0) is 16.7 Å². The molecular weight excluding hydrogens is 301 g/mol. The third-order valence-corrected chi connectivity index (χ3v) is 4.08. The number of nitrogens with zero attached hydrogens (tertiary/aromatic N) is 1. The van der Waals surface area contributed by atoms with Gasteiger partial charge in [-0.3, -0.25) is 0 Å². The Hall–Kier alpha value is -1.87. The Bertz CT molecular complexity index is 697. The summed E-state index contributed by atoms with van der Waals surface area (Å²) in [5.74, 6) is 0.392. The summed E-state index contributed by atoms with van der Waals surface area (Å²) in [6.07, 6.45) is 3.02. The quantitative estimate of drug-likeness (QED) is 0.565. The molecule has 116 valence electrons. The lowest BCUT2D eigenvalue weighted by molar-refractivity contribution is 0.396. The Balaban J connectivity index is 2.72. The normalized spacial score (nSPS) is 11.3. The highest BCUT2D eigenvalue weighted by molar-refractivity contribution is 6.17. The van der Waals surface area contributed by atoms with Crippen LogP contribution in [0.1, 0.15) is 25.0 Å². The van der Waals surface area contributed by atoms with Crippen molar-refractivity contribution in [3.8, 4) is 17.0 Å². The Kier molecular flexibility index (Phi) is 4.87. The lowest BCUT2D eigenvalue weighted by Crippen LogP contribution is -2.15. The summed E-state index contributed by atoms with van der Waals surface area (Å²) in [5, 5.41) is 0. The third kappa shape index (κ3) is 3.14. The number of pyridine rings is 1. The number of hydrogen-bond donors (Lipinski definition) is 0. The molecule has 0 spiro atoms. The van der Waals surface area contributed by atoms with Crippen LogP contribution in [0.25, 0.3) is 11.1 Å². The first-order valence-corrected chi connectivity index (χ1v) is 7.49. The molecule has 2 nitrogen and oxygen atoms in total. The molecule has 0 bridgehead atoms. The molecule has 0 atom stereocenters. The topological polar surface area (TPSA) is 22.1 Å². The molecule has 1 heterocycles. The number of ether oxygens (including phenoxy) is 1. The van der Waals surface area contributed by atoms with Crippen LogP contribution in [0.15, 0.2) is 43.1 Å². The Morgan fingerprint density at radius 1 is 1.32 bits per heavy atom. The van der Waals surface area contributed by atoms with Gasteiger partial charge in [-0.15, -0.1) is 18.2 Å². The fourth-order valence-corrected chi connectivity index (χ4v) is 2.46. The van der Waals surface area contributed by atoms with Crippen LogP contribution in [0.4, 0.5) is 4.39 Å². The summed E-state index contributed by atoms with van der Waals surface area (Å²) in [5.41, 5.74) is 2.87. The highest BCUT2D eigenvalue weighted by atomic mass is 35.5. The second kappa shape index (κ2) is 6.49. The van der Waals surface area contributed by atoms with Gasteiger partial charge < -0.3 is 4.74 Å². The maximum atomic E-state index is 14.3. The highest BCUT2D eigenvalue weighted by Crippen LogP contribution is 2.37. The van der Waals surface area contributed by atoms with Crippen molar-refractivity contribution in [2.75, 3.05) is 7.11 Å². The Labute approximate surface area is 135 Å². The van der Waals surface area contributed by atoms with E-state index >= 15 is 0 Å². The molecule has 1 aromatic heterocycles. The monoisotopic (exact) mass is 319 g/mol. The van der Waals surface area contributed by atoms with Crippen molar-refractivity contribution >= 4 is 11.6 Å². The van der Waals surface area contributed by atoms with Crippen LogP contribution >= 0.6 is 11.6 Å². The van der Waals surface area contributed by atoms with Gasteiger partial charge in [0.25, 0.3) is 0 Å². The molecule has 0 aliphatic carbocycles. The highest BCUT2D eigenvalue weighted by Gasteiger charge is 2.23. The molecule has 4 heteroatoms. The lowest BCUT2D eigenvalue weighted by atomic mass is 9.79. The molecular formula is C18H19ClFNO. The maximum Gasteiger partial charge on any atom is 0.213 e. The van der Waals surface area contributed by atoms with Crippen molar-refractivity contribution in [3.05, 3.63) is 60.1 Å². The first kappa shape index (κ1) is 16.5. The molecule has 0 fully saturated rings. The van der Waals surface area contributed by atoms with Crippen molar-refractivity contribution in [2.45, 2.75) is 25.1 Å². The van der Waals surface area contributed by atoms with Gasteiger partial charge in [0.1, 0.15) is 5.82 Å². The zero-order valence-electron chi connectivity index (χ0n) is 13.0. The van der Waals surface area contributed by atoms with Crippen LogP contribution in [0.2, 0.25) is 0 Å². The summed E-state index contributed by atoms with van der Waals surface area (Å²) >= 11 is 5.94. The summed E-state index contributed by atoms with van der Waals surface area (Å²) in [4.78, 5) is 3.89. The largest absolute Gasteiger partial charge is 0.481 e. The number of benzene rings is 1. The molecule has 0 aliphatic heterocycles. The predicted octanol–water partition coefficient (Wildman–Crippen LogP) is 5.10. The maximum absolute atomic E-state index is 14.3. The average Bonchev–Trinajstić information content (AvgIpc) is 2.54. The summed E-state index contributed by atoms with van der Waals surface area (Å²) in [6.45, 7) is 7.96. The molecule has 0 unspecified atom stereocenters. The van der Waals surface area contributed by atoms with E-state index < -0.39 is 0 Å². The Morgan fingerprint density at radius 3 is 2.64 bits per heavy atom. The molecule has 0 N–H and O–H groups in total. The molecule has 2 rings (SSSR count). The van der Waals surface area contributed by atoms with Crippen molar-refractivity contribution in [3.63, 3.8) is 0 Å². The molecule has 0 radical (unpaired) electrons. The van der Waals surface area contributed by atoms with Gasteiger partial charge in [-0.25, -0.2) is 9.37 Å². The van der Waals surface area contributed by atoms with Crippen LogP contribution in [-0.2, 0) is 11.3 Å². The Morgan fingerprint density at radius 2 is 2.05 bits per heavy atom. The molecule has 1 aromatic carbocycles. The second-order valence-corrected chi connectivity index (χ2v) is 5.91. The van der Waals surface area contributed by atoms with E-state index in [1.54, 1.807) is 6.07 Å². The molecule has 0 saturated heterocycles. The standard InChI is InChI=1S/C18H19ClFNO/c1-5-18(2,3)15-8-12(10-19)6-7-13(15)14-9-17(22-4)21-11-16(14)20/h5-9,11H,1,10H2,2-4H3. The number of alkyl halides is 1.